The lowest BCUT2D eigenvalue weighted by molar-refractivity contribution is -0.577. The first-order valence-corrected chi connectivity index (χ1v) is 11.8. The van der Waals surface area contributed by atoms with E-state index in [1.165, 1.54) is 4.68 Å². The first-order valence-electron chi connectivity index (χ1n) is 11.4. The van der Waals surface area contributed by atoms with Crippen molar-refractivity contribution in [2.45, 2.75) is 27.7 Å². The maximum absolute atomic E-state index is 13.9. The number of imide groups is 1. The van der Waals surface area contributed by atoms with E-state index in [2.05, 4.69) is 5.10 Å². The summed E-state index contributed by atoms with van der Waals surface area (Å²) < 4.78 is 2.84. The summed E-state index contributed by atoms with van der Waals surface area (Å²) in [6.07, 6.45) is 3.52. The molecule has 0 aliphatic carbocycles. The van der Waals surface area contributed by atoms with Gasteiger partial charge in [0.25, 0.3) is 11.6 Å². The highest BCUT2D eigenvalue weighted by Gasteiger charge is 2.47. The topological polar surface area (TPSA) is 82.1 Å². The summed E-state index contributed by atoms with van der Waals surface area (Å²) in [6.45, 7) is 7.47. The van der Waals surface area contributed by atoms with Crippen molar-refractivity contribution >= 4 is 40.4 Å². The molecular formula is C28H23ClN4O3. The molecule has 36 heavy (non-hydrogen) atoms. The van der Waals surface area contributed by atoms with E-state index >= 15 is 0 Å². The monoisotopic (exact) mass is 498 g/mol. The zero-order valence-electron chi connectivity index (χ0n) is 20.2. The number of aromatic nitrogens is 3. The van der Waals surface area contributed by atoms with Crippen LogP contribution in [0.3, 0.4) is 0 Å². The number of anilines is 1. The summed E-state index contributed by atoms with van der Waals surface area (Å²) >= 11 is 6.00. The van der Waals surface area contributed by atoms with Crippen LogP contribution in [0.25, 0.3) is 17.0 Å². The van der Waals surface area contributed by atoms with Crippen LogP contribution >= 0.6 is 11.6 Å². The van der Waals surface area contributed by atoms with Crippen molar-refractivity contribution in [3.63, 3.8) is 0 Å². The fourth-order valence-corrected chi connectivity index (χ4v) is 4.40. The standard InChI is InChI=1S/C28H23ClN4O3/c1-16-5-9-21(10-6-16)32-26(34)24(25(28(32)36)31-14-13-17(2)18(3)15-31)23-19(4)30-33(27(23)35)22-11-7-20(29)8-12-22/h5-15H,1-4H3. The highest BCUT2D eigenvalue weighted by Crippen LogP contribution is 2.38. The second-order valence-corrected chi connectivity index (χ2v) is 9.31. The van der Waals surface area contributed by atoms with E-state index in [1.54, 1.807) is 60.3 Å². The Bertz CT molecular complexity index is 1570. The largest absolute Gasteiger partial charge is 0.858 e. The van der Waals surface area contributed by atoms with Crippen molar-refractivity contribution < 1.29 is 19.3 Å². The molecule has 0 unspecified atom stereocenters. The van der Waals surface area contributed by atoms with Crippen molar-refractivity contribution in [1.29, 1.82) is 0 Å². The average Bonchev–Trinajstić information content (AvgIpc) is 3.28. The van der Waals surface area contributed by atoms with Gasteiger partial charge in [-0.1, -0.05) is 29.3 Å². The SMILES string of the molecule is Cc1ccc(N2C(=O)C(c3c(C)nn(-c4ccc(Cl)cc4)c3[O-])=C([n+]3ccc(C)c(C)c3)C2=O)cc1. The summed E-state index contributed by atoms with van der Waals surface area (Å²) in [6, 6.07) is 15.6. The third-order valence-electron chi connectivity index (χ3n) is 6.39. The van der Waals surface area contributed by atoms with Crippen molar-refractivity contribution in [3.8, 4) is 11.6 Å². The van der Waals surface area contributed by atoms with Crippen LogP contribution in [0.5, 0.6) is 5.88 Å². The summed E-state index contributed by atoms with van der Waals surface area (Å²) in [5, 5.41) is 18.6. The fourth-order valence-electron chi connectivity index (χ4n) is 4.28. The number of amides is 2. The van der Waals surface area contributed by atoms with Crippen LogP contribution < -0.4 is 14.6 Å². The Kier molecular flexibility index (Phi) is 5.73. The number of pyridine rings is 1. The first-order chi connectivity index (χ1) is 17.2. The van der Waals surface area contributed by atoms with Crippen LogP contribution in [0, 0.1) is 27.7 Å². The molecule has 0 fully saturated rings. The number of nitrogens with zero attached hydrogens (tertiary/aromatic N) is 4. The van der Waals surface area contributed by atoms with Crippen LogP contribution in [0.4, 0.5) is 5.69 Å². The number of halogens is 1. The number of carbonyl (C=O) groups excluding carboxylic acids is 2. The van der Waals surface area contributed by atoms with Gasteiger partial charge in [0.15, 0.2) is 12.4 Å². The van der Waals surface area contributed by atoms with Crippen molar-refractivity contribution in [2.24, 2.45) is 0 Å². The van der Waals surface area contributed by atoms with Gasteiger partial charge in [0, 0.05) is 22.2 Å². The van der Waals surface area contributed by atoms with Crippen LogP contribution in [-0.2, 0) is 9.59 Å². The van der Waals surface area contributed by atoms with Gasteiger partial charge < -0.3 is 5.11 Å². The Morgan fingerprint density at radius 1 is 0.833 bits per heavy atom. The number of carbonyl (C=O) groups is 2. The number of benzene rings is 2. The molecule has 0 saturated carbocycles. The smallest absolute Gasteiger partial charge is 0.331 e. The summed E-state index contributed by atoms with van der Waals surface area (Å²) in [7, 11) is 0. The maximum atomic E-state index is 13.9. The molecule has 4 aromatic rings. The van der Waals surface area contributed by atoms with Crippen molar-refractivity contribution in [1.82, 2.24) is 9.78 Å². The minimum atomic E-state index is -0.569. The number of aryl methyl sites for hydroxylation is 4. The predicted octanol–water partition coefficient (Wildman–Crippen LogP) is 4.06. The molecule has 1 aliphatic heterocycles. The van der Waals surface area contributed by atoms with Gasteiger partial charge in [0.05, 0.1) is 17.1 Å². The van der Waals surface area contributed by atoms with Gasteiger partial charge in [-0.3, -0.25) is 9.59 Å². The molecule has 2 aromatic heterocycles. The molecule has 0 radical (unpaired) electrons. The van der Waals surface area contributed by atoms with Gasteiger partial charge in [-0.25, -0.2) is 9.58 Å². The average molecular weight is 499 g/mol. The van der Waals surface area contributed by atoms with Gasteiger partial charge in [-0.05, 0) is 75.5 Å². The van der Waals surface area contributed by atoms with Crippen molar-refractivity contribution in [3.05, 3.63) is 100.0 Å². The van der Waals surface area contributed by atoms with E-state index in [9.17, 15) is 14.7 Å². The first kappa shape index (κ1) is 23.5. The molecule has 2 amide bonds. The second kappa shape index (κ2) is 8.77. The van der Waals surface area contributed by atoms with E-state index < -0.39 is 17.7 Å². The Hall–Kier alpha value is -4.23. The van der Waals surface area contributed by atoms with Crippen molar-refractivity contribution in [2.75, 3.05) is 4.90 Å². The molecule has 7 nitrogen and oxygen atoms in total. The third kappa shape index (κ3) is 3.78. The summed E-state index contributed by atoms with van der Waals surface area (Å²) in [4.78, 5) is 28.8. The number of hydrogen-bond donors (Lipinski definition) is 0. The van der Waals surface area contributed by atoms with Gasteiger partial charge in [0.2, 0.25) is 0 Å². The van der Waals surface area contributed by atoms with E-state index in [1.807, 2.05) is 39.0 Å². The van der Waals surface area contributed by atoms with Crippen LogP contribution in [0.1, 0.15) is 27.9 Å². The van der Waals surface area contributed by atoms with E-state index in [4.69, 9.17) is 11.6 Å². The molecule has 5 rings (SSSR count). The molecule has 0 atom stereocenters. The quantitative estimate of drug-likeness (QED) is 0.314. The second-order valence-electron chi connectivity index (χ2n) is 8.88. The highest BCUT2D eigenvalue weighted by molar-refractivity contribution is 6.53. The normalized spacial score (nSPS) is 13.8. The molecule has 180 valence electrons. The maximum Gasteiger partial charge on any atom is 0.331 e. The molecule has 0 N–H and O–H groups in total. The highest BCUT2D eigenvalue weighted by atomic mass is 35.5. The minimum Gasteiger partial charge on any atom is -0.858 e. The zero-order chi connectivity index (χ0) is 25.7. The van der Waals surface area contributed by atoms with Gasteiger partial charge in [-0.15, -0.1) is 0 Å². The Balaban J connectivity index is 1.75. The lowest BCUT2D eigenvalue weighted by atomic mass is 10.0. The summed E-state index contributed by atoms with van der Waals surface area (Å²) in [5.41, 5.74) is 4.49. The fraction of sp³-hybridized carbons (Fsp3) is 0.143. The molecule has 3 heterocycles. The Morgan fingerprint density at radius 3 is 2.11 bits per heavy atom. The molecule has 0 saturated heterocycles. The number of hydrogen-bond acceptors (Lipinski definition) is 4. The third-order valence-corrected chi connectivity index (χ3v) is 6.64. The molecule has 8 heteroatoms. The minimum absolute atomic E-state index is 0.0246. The van der Waals surface area contributed by atoms with Crippen LogP contribution in [0.15, 0.2) is 67.0 Å². The molecule has 0 spiro atoms. The van der Waals surface area contributed by atoms with E-state index in [0.717, 1.165) is 21.6 Å². The Morgan fingerprint density at radius 2 is 1.47 bits per heavy atom. The van der Waals surface area contributed by atoms with Gasteiger partial charge >= 0.3 is 5.91 Å². The van der Waals surface area contributed by atoms with E-state index in [-0.39, 0.29) is 16.8 Å². The summed E-state index contributed by atoms with van der Waals surface area (Å²) in [5.74, 6) is -1.57. The molecular weight excluding hydrogens is 476 g/mol. The van der Waals surface area contributed by atoms with Crippen LogP contribution in [0.2, 0.25) is 5.02 Å². The van der Waals surface area contributed by atoms with Crippen LogP contribution in [-0.4, -0.2) is 21.6 Å². The lowest BCUT2D eigenvalue weighted by Gasteiger charge is -2.15. The Labute approximate surface area is 213 Å². The van der Waals surface area contributed by atoms with Gasteiger partial charge in [0.1, 0.15) is 5.57 Å². The molecule has 1 aliphatic rings. The molecule has 0 bridgehead atoms. The zero-order valence-corrected chi connectivity index (χ0v) is 21.0. The molecule has 2 aromatic carbocycles. The van der Waals surface area contributed by atoms with E-state index in [0.29, 0.717) is 22.1 Å². The predicted molar refractivity (Wildman–Crippen MR) is 136 cm³/mol. The van der Waals surface area contributed by atoms with Gasteiger partial charge in [-0.2, -0.15) is 9.67 Å². The lowest BCUT2D eigenvalue weighted by Crippen LogP contribution is -2.40. The number of rotatable bonds is 4.